The number of hydrogen-bond donors (Lipinski definition) is 1. The zero-order chi connectivity index (χ0) is 30.3. The van der Waals surface area contributed by atoms with Crippen molar-refractivity contribution in [3.8, 4) is 17.2 Å². The van der Waals surface area contributed by atoms with Crippen LogP contribution in [0.1, 0.15) is 54.2 Å². The van der Waals surface area contributed by atoms with Crippen LogP contribution >= 0.6 is 0 Å². The van der Waals surface area contributed by atoms with Crippen LogP contribution < -0.4 is 0 Å². The number of rotatable bonds is 10. The molecule has 0 aromatic heterocycles. The minimum atomic E-state index is -4.22. The maximum absolute atomic E-state index is 12.0. The molecule has 0 spiro atoms. The van der Waals surface area contributed by atoms with Gasteiger partial charge in [0.05, 0.1) is 30.0 Å². The van der Waals surface area contributed by atoms with Crippen LogP contribution in [0.3, 0.4) is 0 Å². The van der Waals surface area contributed by atoms with Crippen LogP contribution in [0.5, 0.6) is 0 Å². The number of alkyl halides is 3. The molecule has 3 rings (SSSR count). The largest absolute Gasteiger partial charge is 0.416 e. The number of aryl methyl sites for hydroxylation is 2. The van der Waals surface area contributed by atoms with Crippen molar-refractivity contribution < 1.29 is 22.7 Å². The normalized spacial score (nSPS) is 12.5. The second-order valence-electron chi connectivity index (χ2n) is 8.94. The topological polar surface area (TPSA) is 90.8 Å². The number of nitriles is 1. The molecule has 0 saturated heterocycles. The molecule has 1 N–H and O–H groups in total. The lowest BCUT2D eigenvalue weighted by Crippen LogP contribution is -2.09. The Kier molecular flexibility index (Phi) is 13.2. The highest BCUT2D eigenvalue weighted by Crippen LogP contribution is 2.33. The monoisotopic (exact) mass is 562 g/mol. The molecule has 1 unspecified atom stereocenters. The predicted octanol–water partition coefficient (Wildman–Crippen LogP) is 8.60. The molecule has 41 heavy (non-hydrogen) atoms. The fraction of sp³-hybridized carbons (Fsp3) is 0.250. The van der Waals surface area contributed by atoms with Crippen LogP contribution in [-0.4, -0.2) is 25.4 Å². The van der Waals surface area contributed by atoms with E-state index in [4.69, 9.17) is 10.1 Å². The number of aliphatic imine (C=N–C) groups is 1. The highest BCUT2D eigenvalue weighted by molar-refractivity contribution is 5.74. The molecule has 1 atom stereocenters. The minimum absolute atomic E-state index is 0.195. The van der Waals surface area contributed by atoms with Gasteiger partial charge in [-0.2, -0.15) is 18.4 Å². The average Bonchev–Trinajstić information content (AvgIpc) is 2.95. The quantitative estimate of drug-likeness (QED) is 0.152. The van der Waals surface area contributed by atoms with Gasteiger partial charge in [0.2, 0.25) is 6.40 Å². The molecule has 9 heteroatoms. The Morgan fingerprint density at radius 1 is 1.02 bits per heavy atom. The lowest BCUT2D eigenvalue weighted by Gasteiger charge is -2.20. The van der Waals surface area contributed by atoms with Crippen molar-refractivity contribution in [1.82, 2.24) is 0 Å². The fourth-order valence-corrected chi connectivity index (χ4v) is 3.82. The fourth-order valence-electron chi connectivity index (χ4n) is 3.82. The van der Waals surface area contributed by atoms with E-state index in [-0.39, 0.29) is 12.7 Å². The van der Waals surface area contributed by atoms with Crippen molar-refractivity contribution in [3.63, 3.8) is 0 Å². The summed E-state index contributed by atoms with van der Waals surface area (Å²) in [6.07, 6.45) is 2.06. The van der Waals surface area contributed by atoms with Crippen LogP contribution in [0.25, 0.3) is 11.1 Å². The third-order valence-corrected chi connectivity index (χ3v) is 5.75. The zero-order valence-corrected chi connectivity index (χ0v) is 23.4. The lowest BCUT2D eigenvalue weighted by molar-refractivity contribution is -0.137. The first-order valence-electron chi connectivity index (χ1n) is 12.8. The third-order valence-electron chi connectivity index (χ3n) is 5.75. The first kappa shape index (κ1) is 32.7. The van der Waals surface area contributed by atoms with Gasteiger partial charge in [0, 0.05) is 18.0 Å². The number of benzene rings is 3. The summed E-state index contributed by atoms with van der Waals surface area (Å²) in [7, 11) is 0. The minimum Gasteiger partial charge on any atom is -0.363 e. The Labute approximate surface area is 239 Å². The van der Waals surface area contributed by atoms with Crippen LogP contribution in [0.2, 0.25) is 0 Å². The summed E-state index contributed by atoms with van der Waals surface area (Å²) in [4.78, 5) is 8.85. The maximum atomic E-state index is 12.0. The zero-order valence-electron chi connectivity index (χ0n) is 23.4. The van der Waals surface area contributed by atoms with Gasteiger partial charge in [-0.05, 0) is 67.7 Å². The summed E-state index contributed by atoms with van der Waals surface area (Å²) < 4.78 is 41.9. The van der Waals surface area contributed by atoms with Gasteiger partial charge >= 0.3 is 6.18 Å². The Balaban J connectivity index is 0.000000446. The van der Waals surface area contributed by atoms with E-state index in [1.807, 2.05) is 69.5 Å². The molecule has 0 aliphatic heterocycles. The molecule has 0 aliphatic carbocycles. The Bertz CT molecular complexity index is 1420. The van der Waals surface area contributed by atoms with Gasteiger partial charge < -0.3 is 9.57 Å². The highest BCUT2D eigenvalue weighted by atomic mass is 19.4. The van der Waals surface area contributed by atoms with Crippen molar-refractivity contribution in [2.45, 2.75) is 46.4 Å². The Hall–Kier alpha value is -4.55. The van der Waals surface area contributed by atoms with Gasteiger partial charge in [0.25, 0.3) is 0 Å². The number of ether oxygens (including phenoxy) is 1. The summed E-state index contributed by atoms with van der Waals surface area (Å²) in [5, 5.41) is 20.1. The van der Waals surface area contributed by atoms with E-state index in [0.29, 0.717) is 11.1 Å². The summed E-state index contributed by atoms with van der Waals surface area (Å²) in [6.45, 7) is 7.84. The lowest BCUT2D eigenvalue weighted by atomic mass is 9.92. The molecule has 6 nitrogen and oxygen atoms in total. The number of hydrogen-bond acceptors (Lipinski definition) is 6. The number of nitrogens with one attached hydrogen (secondary N) is 1. The van der Waals surface area contributed by atoms with Crippen LogP contribution in [0.15, 0.2) is 88.7 Å². The van der Waals surface area contributed by atoms with Gasteiger partial charge in [0.1, 0.15) is 6.10 Å². The smallest absolute Gasteiger partial charge is 0.363 e. The first-order chi connectivity index (χ1) is 19.6. The van der Waals surface area contributed by atoms with E-state index in [1.165, 1.54) is 12.3 Å². The van der Waals surface area contributed by atoms with Crippen molar-refractivity contribution in [3.05, 3.63) is 106 Å². The molecule has 0 amide bonds. The summed E-state index contributed by atoms with van der Waals surface area (Å²) in [6, 6.07) is 21.2. The number of oxime groups is 1. The standard InChI is InChI=1S/C24H26N4O2.C8H7F3/c1-4-11-27-16-19(3)24(29-13-12-28-30-17-26)20-9-10-21(15-25)23(14-20)22-8-6-5-7-18(22)2;1-6-3-2-4-7(5-6)8(9,10)11/h5-12,14,16-17,24,26H,4,13H2,1-3H3;2-5H,1H3/b19-16+,26-17?,27-11?,28-12+;. The summed E-state index contributed by atoms with van der Waals surface area (Å²) in [5.74, 6) is 0. The van der Waals surface area contributed by atoms with E-state index >= 15 is 0 Å². The van der Waals surface area contributed by atoms with E-state index in [1.54, 1.807) is 19.2 Å². The second kappa shape index (κ2) is 16.5. The van der Waals surface area contributed by atoms with Crippen LogP contribution in [0.4, 0.5) is 13.2 Å². The molecule has 3 aromatic rings. The van der Waals surface area contributed by atoms with Gasteiger partial charge in [-0.1, -0.05) is 66.2 Å². The molecule has 0 fully saturated rings. The maximum Gasteiger partial charge on any atom is 0.416 e. The second-order valence-corrected chi connectivity index (χ2v) is 8.94. The van der Waals surface area contributed by atoms with E-state index in [9.17, 15) is 18.4 Å². The van der Waals surface area contributed by atoms with Crippen molar-refractivity contribution >= 4 is 18.8 Å². The molecule has 0 radical (unpaired) electrons. The van der Waals surface area contributed by atoms with E-state index in [2.05, 4.69) is 21.1 Å². The molecule has 0 bridgehead atoms. The number of nitrogens with zero attached hydrogens (tertiary/aromatic N) is 3. The Morgan fingerprint density at radius 2 is 1.78 bits per heavy atom. The molecule has 0 saturated carbocycles. The average molecular weight is 563 g/mol. The van der Waals surface area contributed by atoms with Crippen molar-refractivity contribution in [2.24, 2.45) is 10.1 Å². The van der Waals surface area contributed by atoms with Gasteiger partial charge in [-0.15, -0.1) is 0 Å². The third kappa shape index (κ3) is 10.5. The first-order valence-corrected chi connectivity index (χ1v) is 12.8. The van der Waals surface area contributed by atoms with Crippen molar-refractivity contribution in [1.29, 1.82) is 10.7 Å². The van der Waals surface area contributed by atoms with Gasteiger partial charge in [-0.25, -0.2) is 0 Å². The molecule has 0 heterocycles. The SMILES string of the molecule is CCC=N/C=C(\C)C(OC/C=N/OC=N)c1ccc(C#N)c(-c2ccccc2C)c1.Cc1cccc(C(F)(F)F)c1. The predicted molar refractivity (Wildman–Crippen MR) is 157 cm³/mol. The Morgan fingerprint density at radius 3 is 2.39 bits per heavy atom. The molecular formula is C32H33F3N4O2. The number of halogens is 3. The molecular weight excluding hydrogens is 529 g/mol. The molecule has 214 valence electrons. The molecule has 0 aliphatic rings. The molecule has 3 aromatic carbocycles. The highest BCUT2D eigenvalue weighted by Gasteiger charge is 2.29. The van der Waals surface area contributed by atoms with E-state index < -0.39 is 11.7 Å². The van der Waals surface area contributed by atoms with Crippen LogP contribution in [0, 0.1) is 30.6 Å². The van der Waals surface area contributed by atoms with Gasteiger partial charge in [0.15, 0.2) is 0 Å². The van der Waals surface area contributed by atoms with E-state index in [0.717, 1.165) is 52.8 Å². The summed E-state index contributed by atoms with van der Waals surface area (Å²) >= 11 is 0. The van der Waals surface area contributed by atoms with Gasteiger partial charge in [-0.3, -0.25) is 10.4 Å². The van der Waals surface area contributed by atoms with Crippen molar-refractivity contribution in [2.75, 3.05) is 6.61 Å². The van der Waals surface area contributed by atoms with Crippen LogP contribution in [-0.2, 0) is 15.8 Å². The summed E-state index contributed by atoms with van der Waals surface area (Å²) in [5.41, 5.74) is 5.46.